The van der Waals surface area contributed by atoms with Gasteiger partial charge in [-0.05, 0) is 48.5 Å². The molecule has 1 saturated heterocycles. The third-order valence-corrected chi connectivity index (χ3v) is 2.82. The highest BCUT2D eigenvalue weighted by atomic mass is 16.7. The summed E-state index contributed by atoms with van der Waals surface area (Å²) in [4.78, 5) is 0. The van der Waals surface area contributed by atoms with E-state index in [2.05, 4.69) is 0 Å². The van der Waals surface area contributed by atoms with Gasteiger partial charge in [0.25, 0.3) is 0 Å². The van der Waals surface area contributed by atoms with Crippen LogP contribution in [0.1, 0.15) is 48.5 Å². The minimum absolute atomic E-state index is 0.146. The van der Waals surface area contributed by atoms with E-state index in [0.29, 0.717) is 13.2 Å². The number of ether oxygens (including phenoxy) is 4. The van der Waals surface area contributed by atoms with Gasteiger partial charge < -0.3 is 24.7 Å². The van der Waals surface area contributed by atoms with Crippen LogP contribution in [0.5, 0.6) is 0 Å². The zero-order valence-electron chi connectivity index (χ0n) is 13.9. The molecule has 0 aromatic carbocycles. The molecule has 0 unspecified atom stereocenters. The van der Waals surface area contributed by atoms with Crippen molar-refractivity contribution in [2.45, 2.75) is 84.2 Å². The van der Waals surface area contributed by atoms with Gasteiger partial charge in [0.05, 0.1) is 30.5 Å². The summed E-state index contributed by atoms with van der Waals surface area (Å²) in [6.45, 7) is 15.0. The van der Waals surface area contributed by atoms with E-state index in [0.717, 1.165) is 0 Å². The van der Waals surface area contributed by atoms with Crippen LogP contribution in [0.4, 0.5) is 0 Å². The van der Waals surface area contributed by atoms with Crippen LogP contribution in [0, 0.1) is 0 Å². The highest BCUT2D eigenvalue weighted by Gasteiger charge is 2.39. The molecule has 0 aromatic heterocycles. The first-order chi connectivity index (χ1) is 8.98. The van der Waals surface area contributed by atoms with E-state index in [9.17, 15) is 0 Å². The Morgan fingerprint density at radius 2 is 1.25 bits per heavy atom. The van der Waals surface area contributed by atoms with Gasteiger partial charge in [-0.1, -0.05) is 0 Å². The molecule has 0 spiro atoms. The fraction of sp³-hybridized carbons (Fsp3) is 1.00. The molecule has 0 aliphatic carbocycles. The summed E-state index contributed by atoms with van der Waals surface area (Å²) >= 11 is 0. The van der Waals surface area contributed by atoms with E-state index in [1.165, 1.54) is 0 Å². The maximum absolute atomic E-state index is 5.85. The van der Waals surface area contributed by atoms with Gasteiger partial charge in [-0.2, -0.15) is 0 Å². The molecule has 120 valence electrons. The van der Waals surface area contributed by atoms with E-state index in [-0.39, 0.29) is 29.5 Å². The molecular weight excluding hydrogens is 258 g/mol. The highest BCUT2D eigenvalue weighted by molar-refractivity contribution is 4.82. The second-order valence-electron chi connectivity index (χ2n) is 7.42. The zero-order chi connectivity index (χ0) is 15.6. The lowest BCUT2D eigenvalue weighted by Crippen LogP contribution is -2.37. The van der Waals surface area contributed by atoms with Crippen molar-refractivity contribution in [3.8, 4) is 0 Å². The lowest BCUT2D eigenvalue weighted by atomic mass is 10.1. The third-order valence-electron chi connectivity index (χ3n) is 2.82. The molecule has 0 radical (unpaired) electrons. The summed E-state index contributed by atoms with van der Waals surface area (Å²) in [6, 6.07) is -0.174. The molecule has 1 fully saturated rings. The Morgan fingerprint density at radius 1 is 0.900 bits per heavy atom. The SMILES string of the molecule is C[C@H](N)C1O[C@@H](COC(C)(C)C)[C@H](COC(C)(C)C)O1. The van der Waals surface area contributed by atoms with Gasteiger partial charge in [0, 0.05) is 0 Å². The Labute approximate surface area is 123 Å². The third kappa shape index (κ3) is 6.50. The standard InChI is InChI=1S/C15H31NO4/c1-10(16)13-19-11(8-17-14(2,3)4)12(20-13)9-18-15(5,6)7/h10-13H,8-9,16H2,1-7H3/t10-,11-,12-/m0/s1. The van der Waals surface area contributed by atoms with Crippen molar-refractivity contribution in [2.24, 2.45) is 5.73 Å². The summed E-state index contributed by atoms with van der Waals surface area (Å²) < 4.78 is 23.3. The predicted octanol–water partition coefficient (Wildman–Crippen LogP) is 2.07. The van der Waals surface area contributed by atoms with Crippen LogP contribution in [0.15, 0.2) is 0 Å². The fourth-order valence-corrected chi connectivity index (χ4v) is 1.76. The Bertz CT molecular complexity index is 267. The number of rotatable bonds is 5. The Morgan fingerprint density at radius 3 is 1.50 bits per heavy atom. The molecule has 1 heterocycles. The van der Waals surface area contributed by atoms with Gasteiger partial charge >= 0.3 is 0 Å². The van der Waals surface area contributed by atoms with Crippen molar-refractivity contribution >= 4 is 0 Å². The minimum Gasteiger partial charge on any atom is -0.373 e. The van der Waals surface area contributed by atoms with Crippen LogP contribution < -0.4 is 5.73 Å². The molecular formula is C15H31NO4. The Kier molecular flexibility index (Phi) is 5.99. The summed E-state index contributed by atoms with van der Waals surface area (Å²) in [5, 5.41) is 0. The van der Waals surface area contributed by atoms with Crippen LogP contribution in [0.25, 0.3) is 0 Å². The molecule has 0 aromatic rings. The van der Waals surface area contributed by atoms with Crippen molar-refractivity contribution in [1.82, 2.24) is 0 Å². The molecule has 1 rings (SSSR count). The van der Waals surface area contributed by atoms with E-state index in [1.807, 2.05) is 48.5 Å². The zero-order valence-corrected chi connectivity index (χ0v) is 13.9. The smallest absolute Gasteiger partial charge is 0.173 e. The monoisotopic (exact) mass is 289 g/mol. The maximum Gasteiger partial charge on any atom is 0.173 e. The molecule has 0 saturated carbocycles. The van der Waals surface area contributed by atoms with Crippen molar-refractivity contribution in [3.63, 3.8) is 0 Å². The fourth-order valence-electron chi connectivity index (χ4n) is 1.76. The lowest BCUT2D eigenvalue weighted by molar-refractivity contribution is -0.103. The quantitative estimate of drug-likeness (QED) is 0.839. The molecule has 3 atom stereocenters. The predicted molar refractivity (Wildman–Crippen MR) is 78.6 cm³/mol. The molecule has 20 heavy (non-hydrogen) atoms. The molecule has 1 aliphatic heterocycles. The van der Waals surface area contributed by atoms with Crippen molar-refractivity contribution < 1.29 is 18.9 Å². The van der Waals surface area contributed by atoms with Gasteiger partial charge in [0.15, 0.2) is 6.29 Å². The van der Waals surface area contributed by atoms with Gasteiger partial charge in [0.2, 0.25) is 0 Å². The van der Waals surface area contributed by atoms with Gasteiger partial charge in [-0.15, -0.1) is 0 Å². The molecule has 2 N–H and O–H groups in total. The average Bonchev–Trinajstić information content (AvgIpc) is 2.65. The Balaban J connectivity index is 2.57. The van der Waals surface area contributed by atoms with E-state index < -0.39 is 6.29 Å². The topological polar surface area (TPSA) is 62.9 Å². The largest absolute Gasteiger partial charge is 0.373 e. The maximum atomic E-state index is 5.85. The average molecular weight is 289 g/mol. The first kappa shape index (κ1) is 17.9. The number of hydrogen-bond acceptors (Lipinski definition) is 5. The molecule has 5 nitrogen and oxygen atoms in total. The summed E-state index contributed by atoms with van der Waals surface area (Å²) in [6.07, 6.45) is -0.683. The minimum atomic E-state index is -0.392. The van der Waals surface area contributed by atoms with E-state index in [4.69, 9.17) is 24.7 Å². The number of nitrogens with two attached hydrogens (primary N) is 1. The van der Waals surface area contributed by atoms with Crippen LogP contribution in [0.2, 0.25) is 0 Å². The van der Waals surface area contributed by atoms with Crippen molar-refractivity contribution in [3.05, 3.63) is 0 Å². The Hall–Kier alpha value is -0.200. The van der Waals surface area contributed by atoms with Crippen molar-refractivity contribution in [1.29, 1.82) is 0 Å². The molecule has 0 bridgehead atoms. The lowest BCUT2D eigenvalue weighted by Gasteiger charge is -2.26. The summed E-state index contributed by atoms with van der Waals surface area (Å²) in [5.74, 6) is 0. The van der Waals surface area contributed by atoms with Crippen LogP contribution in [0.3, 0.4) is 0 Å². The van der Waals surface area contributed by atoms with E-state index in [1.54, 1.807) is 0 Å². The first-order valence-corrected chi connectivity index (χ1v) is 7.32. The number of hydrogen-bond donors (Lipinski definition) is 1. The van der Waals surface area contributed by atoms with E-state index >= 15 is 0 Å². The van der Waals surface area contributed by atoms with Crippen LogP contribution in [-0.2, 0) is 18.9 Å². The second-order valence-corrected chi connectivity index (χ2v) is 7.42. The van der Waals surface area contributed by atoms with Gasteiger partial charge in [-0.3, -0.25) is 0 Å². The second kappa shape index (κ2) is 6.71. The molecule has 5 heteroatoms. The first-order valence-electron chi connectivity index (χ1n) is 7.32. The summed E-state index contributed by atoms with van der Waals surface area (Å²) in [7, 11) is 0. The summed E-state index contributed by atoms with van der Waals surface area (Å²) in [5.41, 5.74) is 5.45. The van der Waals surface area contributed by atoms with Crippen molar-refractivity contribution in [2.75, 3.05) is 13.2 Å². The van der Waals surface area contributed by atoms with Crippen LogP contribution in [-0.4, -0.2) is 49.0 Å². The van der Waals surface area contributed by atoms with Gasteiger partial charge in [0.1, 0.15) is 12.2 Å². The van der Waals surface area contributed by atoms with Crippen LogP contribution >= 0.6 is 0 Å². The molecule has 1 aliphatic rings. The van der Waals surface area contributed by atoms with Gasteiger partial charge in [-0.25, -0.2) is 0 Å². The highest BCUT2D eigenvalue weighted by Crippen LogP contribution is 2.24. The normalized spacial score (nSPS) is 27.0. The molecule has 0 amide bonds.